The van der Waals surface area contributed by atoms with E-state index in [-0.39, 0.29) is 0 Å². The molecule has 1 unspecified atom stereocenters. The number of hydrogen-bond acceptors (Lipinski definition) is 3. The van der Waals surface area contributed by atoms with Crippen LogP contribution in [0.15, 0.2) is 54.9 Å². The molecule has 2 aromatic carbocycles. The van der Waals surface area contributed by atoms with Crippen molar-refractivity contribution in [2.75, 3.05) is 5.32 Å². The standard InChI is InChI=1S/C18H11Cl2N3O/c19-15-6-5-11(7-16(15)20)14(8-21)18(24)23-17-10-22-9-12-3-1-2-4-13(12)17/h1-7,9-10,14H,(H,23,24). The molecule has 1 atom stereocenters. The van der Waals surface area contributed by atoms with Crippen molar-refractivity contribution in [1.29, 1.82) is 5.26 Å². The number of nitrogens with one attached hydrogen (secondary N) is 1. The van der Waals surface area contributed by atoms with Crippen molar-refractivity contribution in [2.24, 2.45) is 0 Å². The van der Waals surface area contributed by atoms with Crippen molar-refractivity contribution in [3.05, 3.63) is 70.5 Å². The van der Waals surface area contributed by atoms with Crippen LogP contribution in [0, 0.1) is 11.3 Å². The van der Waals surface area contributed by atoms with E-state index in [2.05, 4.69) is 10.3 Å². The number of nitrogens with zero attached hydrogens (tertiary/aromatic N) is 2. The normalized spacial score (nSPS) is 11.7. The number of halogens is 2. The third kappa shape index (κ3) is 3.18. The molecule has 0 saturated carbocycles. The minimum atomic E-state index is -1.00. The van der Waals surface area contributed by atoms with Crippen LogP contribution in [0.25, 0.3) is 10.8 Å². The van der Waals surface area contributed by atoms with E-state index in [0.717, 1.165) is 10.8 Å². The van der Waals surface area contributed by atoms with Gasteiger partial charge < -0.3 is 5.32 Å². The topological polar surface area (TPSA) is 65.8 Å². The summed E-state index contributed by atoms with van der Waals surface area (Å²) in [6.45, 7) is 0. The highest BCUT2D eigenvalue weighted by Gasteiger charge is 2.21. The number of pyridine rings is 1. The Balaban J connectivity index is 1.92. The molecule has 0 saturated heterocycles. The number of carbonyl (C=O) groups is 1. The summed E-state index contributed by atoms with van der Waals surface area (Å²) < 4.78 is 0. The lowest BCUT2D eigenvalue weighted by molar-refractivity contribution is -0.116. The van der Waals surface area contributed by atoms with Gasteiger partial charge in [-0.25, -0.2) is 0 Å². The third-order valence-corrected chi connectivity index (χ3v) is 4.33. The average Bonchev–Trinajstić information content (AvgIpc) is 2.59. The van der Waals surface area contributed by atoms with Crippen LogP contribution < -0.4 is 5.32 Å². The summed E-state index contributed by atoms with van der Waals surface area (Å²) in [5.41, 5.74) is 1.04. The second-order valence-corrected chi connectivity index (χ2v) is 5.95. The average molecular weight is 356 g/mol. The fraction of sp³-hybridized carbons (Fsp3) is 0.0556. The van der Waals surface area contributed by atoms with E-state index < -0.39 is 11.8 Å². The number of amides is 1. The Bertz CT molecular complexity index is 961. The van der Waals surface area contributed by atoms with Crippen molar-refractivity contribution < 1.29 is 4.79 Å². The van der Waals surface area contributed by atoms with E-state index in [1.54, 1.807) is 24.5 Å². The molecule has 6 heteroatoms. The van der Waals surface area contributed by atoms with E-state index in [1.165, 1.54) is 6.07 Å². The minimum absolute atomic E-state index is 0.300. The summed E-state index contributed by atoms with van der Waals surface area (Å²) >= 11 is 11.9. The number of aromatic nitrogens is 1. The molecule has 0 bridgehead atoms. The molecule has 3 aromatic rings. The molecule has 0 aliphatic rings. The van der Waals surface area contributed by atoms with Gasteiger partial charge in [0.25, 0.3) is 0 Å². The maximum absolute atomic E-state index is 12.5. The SMILES string of the molecule is N#CC(C(=O)Nc1cncc2ccccc12)c1ccc(Cl)c(Cl)c1. The number of carbonyl (C=O) groups excluding carboxylic acids is 1. The van der Waals surface area contributed by atoms with Gasteiger partial charge in [-0.05, 0) is 17.7 Å². The van der Waals surface area contributed by atoms with Crippen molar-refractivity contribution in [3.8, 4) is 6.07 Å². The van der Waals surface area contributed by atoms with Crippen LogP contribution in [-0.4, -0.2) is 10.9 Å². The Morgan fingerprint density at radius 2 is 1.92 bits per heavy atom. The molecule has 0 fully saturated rings. The molecule has 24 heavy (non-hydrogen) atoms. The molecule has 0 aliphatic carbocycles. The molecule has 1 heterocycles. The van der Waals surface area contributed by atoms with Crippen LogP contribution in [0.4, 0.5) is 5.69 Å². The smallest absolute Gasteiger partial charge is 0.246 e. The Kier molecular flexibility index (Phi) is 4.66. The molecular formula is C18H11Cl2N3O. The fourth-order valence-corrected chi connectivity index (χ4v) is 2.70. The zero-order valence-electron chi connectivity index (χ0n) is 12.3. The van der Waals surface area contributed by atoms with Gasteiger partial charge >= 0.3 is 0 Å². The minimum Gasteiger partial charge on any atom is -0.323 e. The summed E-state index contributed by atoms with van der Waals surface area (Å²) in [4.78, 5) is 16.7. The summed E-state index contributed by atoms with van der Waals surface area (Å²) in [5.74, 6) is -1.45. The summed E-state index contributed by atoms with van der Waals surface area (Å²) in [7, 11) is 0. The number of benzene rings is 2. The second-order valence-electron chi connectivity index (χ2n) is 5.13. The van der Waals surface area contributed by atoms with Crippen molar-refractivity contribution >= 4 is 45.6 Å². The maximum atomic E-state index is 12.5. The zero-order chi connectivity index (χ0) is 17.1. The summed E-state index contributed by atoms with van der Waals surface area (Å²) in [6, 6.07) is 14.3. The molecule has 4 nitrogen and oxygen atoms in total. The van der Waals surface area contributed by atoms with Crippen LogP contribution in [0.1, 0.15) is 11.5 Å². The quantitative estimate of drug-likeness (QED) is 0.734. The molecule has 0 radical (unpaired) electrons. The van der Waals surface area contributed by atoms with Gasteiger partial charge in [0.2, 0.25) is 5.91 Å². The van der Waals surface area contributed by atoms with Crippen molar-refractivity contribution in [2.45, 2.75) is 5.92 Å². The first-order valence-corrected chi connectivity index (χ1v) is 7.84. The molecule has 0 spiro atoms. The first-order chi connectivity index (χ1) is 11.6. The van der Waals surface area contributed by atoms with Gasteiger partial charge in [-0.15, -0.1) is 0 Å². The molecule has 1 amide bonds. The summed E-state index contributed by atoms with van der Waals surface area (Å²) in [6.07, 6.45) is 3.27. The highest BCUT2D eigenvalue weighted by molar-refractivity contribution is 6.42. The lowest BCUT2D eigenvalue weighted by Crippen LogP contribution is -2.20. The number of rotatable bonds is 3. The van der Waals surface area contributed by atoms with Gasteiger partial charge in [0, 0.05) is 17.0 Å². The van der Waals surface area contributed by atoms with Crippen molar-refractivity contribution in [3.63, 3.8) is 0 Å². The van der Waals surface area contributed by atoms with Gasteiger partial charge in [0.05, 0.1) is 28.0 Å². The van der Waals surface area contributed by atoms with Gasteiger partial charge in [-0.3, -0.25) is 9.78 Å². The van der Waals surface area contributed by atoms with Crippen LogP contribution in [0.5, 0.6) is 0 Å². The van der Waals surface area contributed by atoms with Gasteiger partial charge in [0.15, 0.2) is 5.92 Å². The van der Waals surface area contributed by atoms with E-state index in [9.17, 15) is 10.1 Å². The van der Waals surface area contributed by atoms with Crippen LogP contribution >= 0.6 is 23.2 Å². The lowest BCUT2D eigenvalue weighted by atomic mass is 9.99. The first kappa shape index (κ1) is 16.3. The van der Waals surface area contributed by atoms with Crippen LogP contribution in [-0.2, 0) is 4.79 Å². The van der Waals surface area contributed by atoms with Crippen LogP contribution in [0.2, 0.25) is 10.0 Å². The van der Waals surface area contributed by atoms with Crippen LogP contribution in [0.3, 0.4) is 0 Å². The number of hydrogen-bond donors (Lipinski definition) is 1. The molecule has 118 valence electrons. The van der Waals surface area contributed by atoms with E-state index in [0.29, 0.717) is 21.3 Å². The second kappa shape index (κ2) is 6.88. The highest BCUT2D eigenvalue weighted by atomic mass is 35.5. The molecule has 0 aliphatic heterocycles. The first-order valence-electron chi connectivity index (χ1n) is 7.08. The molecule has 3 rings (SSSR count). The number of anilines is 1. The zero-order valence-corrected chi connectivity index (χ0v) is 13.8. The summed E-state index contributed by atoms with van der Waals surface area (Å²) in [5, 5.41) is 14.6. The van der Waals surface area contributed by atoms with Crippen molar-refractivity contribution in [1.82, 2.24) is 4.98 Å². The van der Waals surface area contributed by atoms with Gasteiger partial charge in [0.1, 0.15) is 0 Å². The Labute approximate surface area is 148 Å². The van der Waals surface area contributed by atoms with E-state index in [4.69, 9.17) is 23.2 Å². The Hall–Kier alpha value is -2.61. The third-order valence-electron chi connectivity index (χ3n) is 3.59. The Morgan fingerprint density at radius 1 is 1.12 bits per heavy atom. The predicted octanol–water partition coefficient (Wildman–Crippen LogP) is 4.79. The van der Waals surface area contributed by atoms with E-state index in [1.807, 2.05) is 30.3 Å². The monoisotopic (exact) mass is 355 g/mol. The van der Waals surface area contributed by atoms with Gasteiger partial charge in [-0.1, -0.05) is 53.5 Å². The molecular weight excluding hydrogens is 345 g/mol. The Morgan fingerprint density at radius 3 is 2.67 bits per heavy atom. The molecule has 1 N–H and O–H groups in total. The highest BCUT2D eigenvalue weighted by Crippen LogP contribution is 2.28. The predicted molar refractivity (Wildman–Crippen MR) is 95.2 cm³/mol. The van der Waals surface area contributed by atoms with Gasteiger partial charge in [-0.2, -0.15) is 5.26 Å². The number of nitriles is 1. The van der Waals surface area contributed by atoms with E-state index >= 15 is 0 Å². The molecule has 1 aromatic heterocycles. The maximum Gasteiger partial charge on any atom is 0.246 e. The fourth-order valence-electron chi connectivity index (χ4n) is 2.40. The lowest BCUT2D eigenvalue weighted by Gasteiger charge is -2.12. The number of fused-ring (bicyclic) bond motifs is 1. The largest absolute Gasteiger partial charge is 0.323 e.